The lowest BCUT2D eigenvalue weighted by molar-refractivity contribution is -0.122. The third kappa shape index (κ3) is 4.31. The number of aromatic nitrogens is 2. The highest BCUT2D eigenvalue weighted by molar-refractivity contribution is 5.85. The first-order valence-corrected chi connectivity index (χ1v) is 10.3. The molecule has 0 saturated carbocycles. The Balaban J connectivity index is 0.00000205. The maximum Gasteiger partial charge on any atom is 0.220 e. The summed E-state index contributed by atoms with van der Waals surface area (Å²) in [6, 6.07) is 17.7. The van der Waals surface area contributed by atoms with Crippen molar-refractivity contribution in [2.75, 3.05) is 0 Å². The molecule has 6 heteroatoms. The molecule has 2 N–H and O–H groups in total. The van der Waals surface area contributed by atoms with Gasteiger partial charge in [0, 0.05) is 30.7 Å². The highest BCUT2D eigenvalue weighted by atomic mass is 35.5. The smallest absolute Gasteiger partial charge is 0.220 e. The Hall–Kier alpha value is -2.37. The summed E-state index contributed by atoms with van der Waals surface area (Å²) in [5, 5.41) is 6.74. The monoisotopic (exact) mass is 410 g/mol. The Kier molecular flexibility index (Phi) is 5.88. The van der Waals surface area contributed by atoms with Gasteiger partial charge in [-0.25, -0.2) is 4.98 Å². The van der Waals surface area contributed by atoms with E-state index in [1.54, 1.807) is 0 Å². The van der Waals surface area contributed by atoms with Crippen molar-refractivity contribution in [3.8, 4) is 5.69 Å². The molecule has 1 amide bonds. The lowest BCUT2D eigenvalue weighted by Crippen LogP contribution is -2.39. The van der Waals surface area contributed by atoms with Gasteiger partial charge in [-0.05, 0) is 61.4 Å². The lowest BCUT2D eigenvalue weighted by atomic mass is 9.89. The zero-order valence-corrected chi connectivity index (χ0v) is 17.2. The average Bonchev–Trinajstić information content (AvgIpc) is 3.30. The van der Waals surface area contributed by atoms with E-state index < -0.39 is 0 Å². The van der Waals surface area contributed by atoms with Crippen LogP contribution < -0.4 is 10.6 Å². The predicted octanol–water partition coefficient (Wildman–Crippen LogP) is 3.98. The Labute approximate surface area is 177 Å². The summed E-state index contributed by atoms with van der Waals surface area (Å²) in [5.41, 5.74) is 4.28. The van der Waals surface area contributed by atoms with Crippen molar-refractivity contribution in [3.05, 3.63) is 60.4 Å². The molecule has 2 fully saturated rings. The quantitative estimate of drug-likeness (QED) is 0.668. The van der Waals surface area contributed by atoms with Crippen LogP contribution in [0.5, 0.6) is 0 Å². The van der Waals surface area contributed by atoms with Gasteiger partial charge in [0.25, 0.3) is 0 Å². The fourth-order valence-corrected chi connectivity index (χ4v) is 4.82. The molecule has 3 aromatic rings. The number of benzene rings is 2. The zero-order valence-electron chi connectivity index (χ0n) is 16.4. The predicted molar refractivity (Wildman–Crippen MR) is 117 cm³/mol. The van der Waals surface area contributed by atoms with E-state index >= 15 is 0 Å². The standard InChI is InChI=1S/C23H26N4O.ClH/c28-23(13-17-11-18-7-8-19(12-17)26-18)24-14-16-5-9-20(10-6-16)27-15-25-21-3-1-2-4-22(21)27;/h1-6,9-10,15,17-19,26H,7-8,11-14H2,(H,24,28);1H. The molecule has 2 aliphatic heterocycles. The number of hydrogen-bond acceptors (Lipinski definition) is 3. The van der Waals surface area contributed by atoms with Crippen molar-refractivity contribution in [1.82, 2.24) is 20.2 Å². The molecule has 0 aliphatic carbocycles. The summed E-state index contributed by atoms with van der Waals surface area (Å²) in [4.78, 5) is 16.8. The highest BCUT2D eigenvalue weighted by Gasteiger charge is 2.34. The fraction of sp³-hybridized carbons (Fsp3) is 0.391. The third-order valence-corrected chi connectivity index (χ3v) is 6.20. The van der Waals surface area contributed by atoms with Crippen LogP contribution in [-0.2, 0) is 11.3 Å². The number of nitrogens with one attached hydrogen (secondary N) is 2. The van der Waals surface area contributed by atoms with Gasteiger partial charge in [0.1, 0.15) is 6.33 Å². The maximum atomic E-state index is 12.4. The van der Waals surface area contributed by atoms with Crippen molar-refractivity contribution in [3.63, 3.8) is 0 Å². The SMILES string of the molecule is Cl.O=C(CC1CC2CCC(C1)N2)NCc1ccc(-n2cnc3ccccc32)cc1. The number of amides is 1. The minimum Gasteiger partial charge on any atom is -0.352 e. The minimum absolute atomic E-state index is 0. The fourth-order valence-electron chi connectivity index (χ4n) is 4.82. The van der Waals surface area contributed by atoms with Crippen molar-refractivity contribution in [2.45, 2.75) is 50.7 Å². The van der Waals surface area contributed by atoms with Crippen LogP contribution in [-0.4, -0.2) is 27.5 Å². The van der Waals surface area contributed by atoms with E-state index in [-0.39, 0.29) is 18.3 Å². The Morgan fingerprint density at radius 3 is 2.55 bits per heavy atom. The molecule has 2 bridgehead atoms. The molecule has 5 nitrogen and oxygen atoms in total. The molecule has 29 heavy (non-hydrogen) atoms. The summed E-state index contributed by atoms with van der Waals surface area (Å²) in [6.07, 6.45) is 7.37. The Morgan fingerprint density at radius 1 is 1.07 bits per heavy atom. The number of para-hydroxylation sites is 2. The number of imidazole rings is 1. The molecule has 0 spiro atoms. The third-order valence-electron chi connectivity index (χ3n) is 6.20. The number of hydrogen-bond donors (Lipinski definition) is 2. The zero-order chi connectivity index (χ0) is 18.9. The number of rotatable bonds is 5. The summed E-state index contributed by atoms with van der Waals surface area (Å²) >= 11 is 0. The number of carbonyl (C=O) groups excluding carboxylic acids is 1. The van der Waals surface area contributed by atoms with Crippen LogP contribution >= 0.6 is 12.4 Å². The molecule has 3 heterocycles. The molecule has 0 radical (unpaired) electrons. The Morgan fingerprint density at radius 2 is 1.79 bits per heavy atom. The molecule has 2 aromatic carbocycles. The number of carbonyl (C=O) groups is 1. The molecule has 2 saturated heterocycles. The van der Waals surface area contributed by atoms with E-state index in [0.29, 0.717) is 31.0 Å². The number of piperidine rings is 1. The number of halogens is 1. The molecule has 1 aromatic heterocycles. The van der Waals surface area contributed by atoms with E-state index in [0.717, 1.165) is 35.1 Å². The summed E-state index contributed by atoms with van der Waals surface area (Å²) in [6.45, 7) is 0.585. The Bertz CT molecular complexity index is 972. The molecule has 152 valence electrons. The van der Waals surface area contributed by atoms with Crippen LogP contribution in [0, 0.1) is 5.92 Å². The average molecular weight is 411 g/mol. The lowest BCUT2D eigenvalue weighted by Gasteiger charge is -2.28. The molecule has 2 unspecified atom stereocenters. The molecule has 2 aliphatic rings. The second-order valence-corrected chi connectivity index (χ2v) is 8.23. The van der Waals surface area contributed by atoms with Gasteiger partial charge < -0.3 is 10.6 Å². The van der Waals surface area contributed by atoms with Crippen molar-refractivity contribution in [2.24, 2.45) is 5.92 Å². The van der Waals surface area contributed by atoms with Gasteiger partial charge >= 0.3 is 0 Å². The van der Waals surface area contributed by atoms with Crippen LogP contribution in [0.25, 0.3) is 16.7 Å². The van der Waals surface area contributed by atoms with Gasteiger partial charge in [0.15, 0.2) is 0 Å². The summed E-state index contributed by atoms with van der Waals surface area (Å²) in [7, 11) is 0. The van der Waals surface area contributed by atoms with Crippen LogP contribution in [0.1, 0.15) is 37.7 Å². The molecular weight excluding hydrogens is 384 g/mol. The molecule has 2 atom stereocenters. The molecule has 5 rings (SSSR count). The van der Waals surface area contributed by atoms with Gasteiger partial charge in [0.2, 0.25) is 5.91 Å². The van der Waals surface area contributed by atoms with Gasteiger partial charge in [-0.3, -0.25) is 9.36 Å². The van der Waals surface area contributed by atoms with Crippen molar-refractivity contribution < 1.29 is 4.79 Å². The summed E-state index contributed by atoms with van der Waals surface area (Å²) < 4.78 is 2.09. The topological polar surface area (TPSA) is 59.0 Å². The first-order chi connectivity index (χ1) is 13.7. The van der Waals surface area contributed by atoms with Crippen LogP contribution in [0.2, 0.25) is 0 Å². The number of nitrogens with zero attached hydrogens (tertiary/aromatic N) is 2. The van der Waals surface area contributed by atoms with Gasteiger partial charge in [0.05, 0.1) is 11.0 Å². The van der Waals surface area contributed by atoms with Crippen molar-refractivity contribution >= 4 is 29.3 Å². The van der Waals surface area contributed by atoms with E-state index in [4.69, 9.17) is 0 Å². The normalized spacial score (nSPS) is 23.0. The van der Waals surface area contributed by atoms with E-state index in [9.17, 15) is 4.79 Å². The van der Waals surface area contributed by atoms with Crippen LogP contribution in [0.3, 0.4) is 0 Å². The van der Waals surface area contributed by atoms with E-state index in [1.807, 2.05) is 24.5 Å². The summed E-state index contributed by atoms with van der Waals surface area (Å²) in [5.74, 6) is 0.714. The van der Waals surface area contributed by atoms with E-state index in [2.05, 4.69) is 50.5 Å². The van der Waals surface area contributed by atoms with Gasteiger partial charge in [-0.15, -0.1) is 12.4 Å². The van der Waals surface area contributed by atoms with E-state index in [1.165, 1.54) is 12.8 Å². The second-order valence-electron chi connectivity index (χ2n) is 8.23. The van der Waals surface area contributed by atoms with Crippen LogP contribution in [0.15, 0.2) is 54.9 Å². The van der Waals surface area contributed by atoms with Crippen molar-refractivity contribution in [1.29, 1.82) is 0 Å². The second kappa shape index (κ2) is 8.56. The van der Waals surface area contributed by atoms with Crippen LogP contribution in [0.4, 0.5) is 0 Å². The first-order valence-electron chi connectivity index (χ1n) is 10.3. The molecular formula is C23H27ClN4O. The first kappa shape index (κ1) is 19.9. The highest BCUT2D eigenvalue weighted by Crippen LogP contribution is 2.32. The largest absolute Gasteiger partial charge is 0.352 e. The van der Waals surface area contributed by atoms with Gasteiger partial charge in [-0.1, -0.05) is 24.3 Å². The maximum absolute atomic E-state index is 12.4. The van der Waals surface area contributed by atoms with Gasteiger partial charge in [-0.2, -0.15) is 0 Å². The number of fused-ring (bicyclic) bond motifs is 3. The minimum atomic E-state index is 0.